The van der Waals surface area contributed by atoms with Gasteiger partial charge in [0, 0.05) is 25.3 Å². The number of hydrogen-bond donors (Lipinski definition) is 1. The van der Waals surface area contributed by atoms with Crippen molar-refractivity contribution in [2.75, 3.05) is 25.0 Å². The standard InChI is InChI=1S/C13H20BrN3/c1-3-17-6-4-11(5-7-17)16-13-12(14)8-10(2)9-15-13/h8-9,11H,3-7H2,1-2H3,(H,15,16). The number of aryl methyl sites for hydroxylation is 1. The van der Waals surface area contributed by atoms with E-state index in [9.17, 15) is 0 Å². The monoisotopic (exact) mass is 297 g/mol. The van der Waals surface area contributed by atoms with Crippen LogP contribution in [0, 0.1) is 6.92 Å². The van der Waals surface area contributed by atoms with Crippen molar-refractivity contribution in [1.82, 2.24) is 9.88 Å². The number of nitrogens with zero attached hydrogens (tertiary/aromatic N) is 2. The zero-order chi connectivity index (χ0) is 12.3. The van der Waals surface area contributed by atoms with E-state index in [4.69, 9.17) is 0 Å². The molecular formula is C13H20BrN3. The van der Waals surface area contributed by atoms with Crippen LogP contribution in [0.3, 0.4) is 0 Å². The molecule has 0 spiro atoms. The zero-order valence-corrected chi connectivity index (χ0v) is 12.1. The van der Waals surface area contributed by atoms with E-state index in [1.807, 2.05) is 6.20 Å². The molecule has 0 aromatic carbocycles. The lowest BCUT2D eigenvalue weighted by atomic mass is 10.1. The molecule has 2 heterocycles. The summed E-state index contributed by atoms with van der Waals surface area (Å²) in [5.74, 6) is 0.977. The van der Waals surface area contributed by atoms with Gasteiger partial charge < -0.3 is 10.2 Å². The van der Waals surface area contributed by atoms with Crippen molar-refractivity contribution >= 4 is 21.7 Å². The quantitative estimate of drug-likeness (QED) is 0.929. The van der Waals surface area contributed by atoms with E-state index in [1.54, 1.807) is 0 Å². The van der Waals surface area contributed by atoms with Crippen molar-refractivity contribution < 1.29 is 0 Å². The Bertz CT molecular complexity index is 373. The number of anilines is 1. The van der Waals surface area contributed by atoms with Crippen molar-refractivity contribution in [1.29, 1.82) is 0 Å². The van der Waals surface area contributed by atoms with Gasteiger partial charge in [-0.15, -0.1) is 0 Å². The molecule has 2 rings (SSSR count). The van der Waals surface area contributed by atoms with Crippen LogP contribution in [0.1, 0.15) is 25.3 Å². The lowest BCUT2D eigenvalue weighted by Crippen LogP contribution is -2.39. The third kappa shape index (κ3) is 3.42. The number of hydrogen-bond acceptors (Lipinski definition) is 3. The highest BCUT2D eigenvalue weighted by atomic mass is 79.9. The number of pyridine rings is 1. The number of piperidine rings is 1. The maximum Gasteiger partial charge on any atom is 0.140 e. The minimum Gasteiger partial charge on any atom is -0.366 e. The summed E-state index contributed by atoms with van der Waals surface area (Å²) in [6.07, 6.45) is 4.32. The second-order valence-corrected chi connectivity index (χ2v) is 5.55. The third-order valence-electron chi connectivity index (χ3n) is 3.35. The zero-order valence-electron chi connectivity index (χ0n) is 10.5. The Morgan fingerprint density at radius 1 is 1.47 bits per heavy atom. The molecule has 4 heteroatoms. The number of nitrogens with one attached hydrogen (secondary N) is 1. The molecule has 1 N–H and O–H groups in total. The summed E-state index contributed by atoms with van der Waals surface area (Å²) in [5, 5.41) is 3.54. The molecular weight excluding hydrogens is 278 g/mol. The predicted molar refractivity (Wildman–Crippen MR) is 75.4 cm³/mol. The molecule has 1 aliphatic rings. The van der Waals surface area contributed by atoms with E-state index in [0.29, 0.717) is 6.04 Å². The van der Waals surface area contributed by atoms with Gasteiger partial charge in [0.25, 0.3) is 0 Å². The average Bonchev–Trinajstić information content (AvgIpc) is 2.34. The van der Waals surface area contributed by atoms with Gasteiger partial charge in [-0.2, -0.15) is 0 Å². The van der Waals surface area contributed by atoms with Crippen LogP contribution < -0.4 is 5.32 Å². The van der Waals surface area contributed by atoms with Crippen LogP contribution in [-0.2, 0) is 0 Å². The molecule has 1 aromatic rings. The Morgan fingerprint density at radius 2 is 2.18 bits per heavy atom. The van der Waals surface area contributed by atoms with Crippen molar-refractivity contribution in [2.45, 2.75) is 32.7 Å². The molecule has 0 bridgehead atoms. The molecule has 0 aliphatic carbocycles. The van der Waals surface area contributed by atoms with Gasteiger partial charge in [-0.3, -0.25) is 0 Å². The van der Waals surface area contributed by atoms with Crippen LogP contribution in [0.15, 0.2) is 16.7 Å². The summed E-state index contributed by atoms with van der Waals surface area (Å²) in [6, 6.07) is 2.67. The van der Waals surface area contributed by atoms with Crippen LogP contribution in [0.2, 0.25) is 0 Å². The lowest BCUT2D eigenvalue weighted by Gasteiger charge is -2.31. The summed E-state index contributed by atoms with van der Waals surface area (Å²) < 4.78 is 1.07. The van der Waals surface area contributed by atoms with Gasteiger partial charge in [-0.05, 0) is 53.9 Å². The first-order chi connectivity index (χ1) is 8.19. The Kier molecular flexibility index (Phi) is 4.40. The minimum atomic E-state index is 0.560. The van der Waals surface area contributed by atoms with Gasteiger partial charge in [0.05, 0.1) is 4.47 Å². The molecule has 0 atom stereocenters. The normalized spacial score (nSPS) is 18.3. The van der Waals surface area contributed by atoms with Crippen LogP contribution in [-0.4, -0.2) is 35.6 Å². The number of aromatic nitrogens is 1. The largest absolute Gasteiger partial charge is 0.366 e. The van der Waals surface area contributed by atoms with Crippen LogP contribution in [0.25, 0.3) is 0 Å². The first-order valence-corrected chi connectivity index (χ1v) is 7.09. The van der Waals surface area contributed by atoms with Crippen molar-refractivity contribution in [3.8, 4) is 0 Å². The molecule has 94 valence electrons. The highest BCUT2D eigenvalue weighted by Crippen LogP contribution is 2.23. The van der Waals surface area contributed by atoms with E-state index in [-0.39, 0.29) is 0 Å². The van der Waals surface area contributed by atoms with Gasteiger partial charge in [-0.1, -0.05) is 6.92 Å². The molecule has 3 nitrogen and oxygen atoms in total. The summed E-state index contributed by atoms with van der Waals surface area (Å²) in [4.78, 5) is 6.94. The second-order valence-electron chi connectivity index (χ2n) is 4.70. The summed E-state index contributed by atoms with van der Waals surface area (Å²) in [5.41, 5.74) is 1.18. The van der Waals surface area contributed by atoms with Gasteiger partial charge >= 0.3 is 0 Å². The van der Waals surface area contributed by atoms with Crippen molar-refractivity contribution in [3.63, 3.8) is 0 Å². The highest BCUT2D eigenvalue weighted by molar-refractivity contribution is 9.10. The fourth-order valence-electron chi connectivity index (χ4n) is 2.23. The van der Waals surface area contributed by atoms with Gasteiger partial charge in [0.2, 0.25) is 0 Å². The Labute approximate surface area is 112 Å². The molecule has 1 aromatic heterocycles. The predicted octanol–water partition coefficient (Wildman–Crippen LogP) is 3.05. The Balaban J connectivity index is 1.93. The minimum absolute atomic E-state index is 0.560. The van der Waals surface area contributed by atoms with Crippen molar-refractivity contribution in [3.05, 3.63) is 22.3 Å². The number of likely N-dealkylation sites (tertiary alicyclic amines) is 1. The Morgan fingerprint density at radius 3 is 2.76 bits per heavy atom. The third-order valence-corrected chi connectivity index (χ3v) is 3.96. The van der Waals surface area contributed by atoms with E-state index in [2.05, 4.69) is 51.0 Å². The topological polar surface area (TPSA) is 28.2 Å². The van der Waals surface area contributed by atoms with Crippen LogP contribution >= 0.6 is 15.9 Å². The van der Waals surface area contributed by atoms with Crippen molar-refractivity contribution in [2.24, 2.45) is 0 Å². The fraction of sp³-hybridized carbons (Fsp3) is 0.615. The molecule has 0 radical (unpaired) electrons. The van der Waals surface area contributed by atoms with Crippen LogP contribution in [0.5, 0.6) is 0 Å². The molecule has 0 saturated carbocycles. The lowest BCUT2D eigenvalue weighted by molar-refractivity contribution is 0.229. The first kappa shape index (κ1) is 12.8. The molecule has 1 saturated heterocycles. The highest BCUT2D eigenvalue weighted by Gasteiger charge is 2.18. The average molecular weight is 298 g/mol. The number of halogens is 1. The Hall–Kier alpha value is -0.610. The molecule has 17 heavy (non-hydrogen) atoms. The first-order valence-electron chi connectivity index (χ1n) is 6.30. The molecule has 1 fully saturated rings. The van der Waals surface area contributed by atoms with Gasteiger partial charge in [0.1, 0.15) is 5.82 Å². The summed E-state index contributed by atoms with van der Waals surface area (Å²) in [7, 11) is 0. The molecule has 1 aliphatic heterocycles. The number of rotatable bonds is 3. The van der Waals surface area contributed by atoms with E-state index < -0.39 is 0 Å². The second kappa shape index (κ2) is 5.83. The maximum atomic E-state index is 4.44. The summed E-state index contributed by atoms with van der Waals surface area (Å²) >= 11 is 3.56. The fourth-order valence-corrected chi connectivity index (χ4v) is 2.80. The van der Waals surface area contributed by atoms with Gasteiger partial charge in [-0.25, -0.2) is 4.98 Å². The smallest absolute Gasteiger partial charge is 0.140 e. The van der Waals surface area contributed by atoms with Gasteiger partial charge in [0.15, 0.2) is 0 Å². The van der Waals surface area contributed by atoms with E-state index in [0.717, 1.165) is 10.3 Å². The van der Waals surface area contributed by atoms with E-state index >= 15 is 0 Å². The van der Waals surface area contributed by atoms with Crippen LogP contribution in [0.4, 0.5) is 5.82 Å². The SMILES string of the molecule is CCN1CCC(Nc2ncc(C)cc2Br)CC1. The molecule has 0 amide bonds. The molecule has 0 unspecified atom stereocenters. The summed E-state index contributed by atoms with van der Waals surface area (Å²) in [6.45, 7) is 7.83. The maximum absolute atomic E-state index is 4.44. The van der Waals surface area contributed by atoms with E-state index in [1.165, 1.54) is 38.0 Å².